The van der Waals surface area contributed by atoms with Crippen molar-refractivity contribution in [2.75, 3.05) is 12.4 Å². The Balaban J connectivity index is 2.20. The van der Waals surface area contributed by atoms with Crippen LogP contribution in [0.1, 0.15) is 24.5 Å². The van der Waals surface area contributed by atoms with Gasteiger partial charge in [-0.25, -0.2) is 14.0 Å². The van der Waals surface area contributed by atoms with Crippen molar-refractivity contribution in [2.45, 2.75) is 25.0 Å². The van der Waals surface area contributed by atoms with Crippen molar-refractivity contribution in [3.8, 4) is 5.75 Å². The molecular weight excluding hydrogens is 461 g/mol. The summed E-state index contributed by atoms with van der Waals surface area (Å²) in [7, 11) is 1.41. The van der Waals surface area contributed by atoms with Gasteiger partial charge in [-0.1, -0.05) is 28.1 Å². The number of carboxylic acid groups (broad SMARTS) is 1. The molecule has 2 aromatic carbocycles. The Bertz CT molecular complexity index is 903. The summed E-state index contributed by atoms with van der Waals surface area (Å²) in [6, 6.07) is 10.5. The van der Waals surface area contributed by atoms with E-state index in [-0.39, 0.29) is 5.56 Å². The summed E-state index contributed by atoms with van der Waals surface area (Å²) in [5, 5.41) is 20.7. The van der Waals surface area contributed by atoms with Gasteiger partial charge in [-0.3, -0.25) is 5.32 Å². The molecule has 2 atom stereocenters. The first-order chi connectivity index (χ1) is 14.3. The van der Waals surface area contributed by atoms with E-state index in [1.165, 1.54) is 19.3 Å². The van der Waals surface area contributed by atoms with Crippen LogP contribution in [0.5, 0.6) is 5.75 Å². The number of amides is 1. The van der Waals surface area contributed by atoms with Crippen LogP contribution in [0.4, 0.5) is 14.9 Å². The third-order valence-corrected chi connectivity index (χ3v) is 4.67. The SMILES string of the molecule is CO[C@H](CC/C=C/C(=O)O)[C@H](OC(=O)Nc1ccc(Br)cc1)c1ccc(O)c(F)c1. The van der Waals surface area contributed by atoms with Gasteiger partial charge in [0, 0.05) is 23.3 Å². The molecule has 2 aromatic rings. The first-order valence-corrected chi connectivity index (χ1v) is 9.73. The number of aliphatic carboxylic acids is 1. The van der Waals surface area contributed by atoms with Gasteiger partial charge in [-0.05, 0) is 54.8 Å². The lowest BCUT2D eigenvalue weighted by Crippen LogP contribution is -2.28. The van der Waals surface area contributed by atoms with Gasteiger partial charge in [-0.15, -0.1) is 0 Å². The number of carbonyl (C=O) groups excluding carboxylic acids is 1. The van der Waals surface area contributed by atoms with Crippen molar-refractivity contribution in [3.05, 3.63) is 70.5 Å². The topological polar surface area (TPSA) is 105 Å². The number of ether oxygens (including phenoxy) is 2. The first kappa shape index (κ1) is 23.4. The zero-order chi connectivity index (χ0) is 22.1. The van der Waals surface area contributed by atoms with E-state index >= 15 is 0 Å². The molecule has 30 heavy (non-hydrogen) atoms. The third kappa shape index (κ3) is 7.16. The molecule has 7 nitrogen and oxygen atoms in total. The van der Waals surface area contributed by atoms with Crippen LogP contribution in [0.2, 0.25) is 0 Å². The number of anilines is 1. The summed E-state index contributed by atoms with van der Waals surface area (Å²) < 4.78 is 25.7. The number of carboxylic acids is 1. The molecule has 0 spiro atoms. The van der Waals surface area contributed by atoms with Gasteiger partial charge >= 0.3 is 12.1 Å². The second kappa shape index (κ2) is 11.3. The van der Waals surface area contributed by atoms with E-state index < -0.39 is 35.8 Å². The number of hydrogen-bond donors (Lipinski definition) is 3. The van der Waals surface area contributed by atoms with Crippen molar-refractivity contribution < 1.29 is 33.7 Å². The number of rotatable bonds is 9. The van der Waals surface area contributed by atoms with E-state index in [2.05, 4.69) is 21.2 Å². The number of carbonyl (C=O) groups is 2. The second-order valence-electron chi connectivity index (χ2n) is 6.26. The van der Waals surface area contributed by atoms with Crippen molar-refractivity contribution in [1.29, 1.82) is 0 Å². The van der Waals surface area contributed by atoms with Crippen LogP contribution >= 0.6 is 15.9 Å². The molecule has 0 saturated carbocycles. The van der Waals surface area contributed by atoms with E-state index in [0.717, 1.165) is 22.7 Å². The highest BCUT2D eigenvalue weighted by molar-refractivity contribution is 9.10. The predicted octanol–water partition coefficient (Wildman–Crippen LogP) is 5.02. The fourth-order valence-corrected chi connectivity index (χ4v) is 2.96. The molecule has 0 aliphatic carbocycles. The van der Waals surface area contributed by atoms with Crippen molar-refractivity contribution in [2.24, 2.45) is 0 Å². The lowest BCUT2D eigenvalue weighted by molar-refractivity contribution is -0.131. The number of phenolic OH excluding ortho intramolecular Hbond substituents is 1. The number of nitrogens with one attached hydrogen (secondary N) is 1. The molecule has 160 valence electrons. The lowest BCUT2D eigenvalue weighted by Gasteiger charge is -2.26. The van der Waals surface area contributed by atoms with Crippen LogP contribution in [0.3, 0.4) is 0 Å². The Hall–Kier alpha value is -2.91. The molecule has 0 fully saturated rings. The molecule has 1 amide bonds. The zero-order valence-corrected chi connectivity index (χ0v) is 17.6. The largest absolute Gasteiger partial charge is 0.505 e. The molecule has 0 bridgehead atoms. The molecule has 2 rings (SSSR count). The fraction of sp³-hybridized carbons (Fsp3) is 0.238. The fourth-order valence-electron chi connectivity index (χ4n) is 2.69. The molecule has 0 radical (unpaired) electrons. The van der Waals surface area contributed by atoms with Crippen LogP contribution in [-0.2, 0) is 14.3 Å². The minimum absolute atomic E-state index is 0.283. The van der Waals surface area contributed by atoms with Gasteiger partial charge in [0.15, 0.2) is 17.7 Å². The monoisotopic (exact) mass is 481 g/mol. The Labute approximate surface area is 181 Å². The average molecular weight is 482 g/mol. The number of allylic oxidation sites excluding steroid dienone is 1. The van der Waals surface area contributed by atoms with Gasteiger partial charge in [0.25, 0.3) is 0 Å². The molecule has 3 N–H and O–H groups in total. The zero-order valence-electron chi connectivity index (χ0n) is 16.0. The van der Waals surface area contributed by atoms with E-state index in [0.29, 0.717) is 18.5 Å². The number of benzene rings is 2. The van der Waals surface area contributed by atoms with Crippen LogP contribution < -0.4 is 5.32 Å². The molecule has 0 aliphatic heterocycles. The highest BCUT2D eigenvalue weighted by Gasteiger charge is 2.28. The maximum absolute atomic E-state index is 13.9. The van der Waals surface area contributed by atoms with E-state index in [4.69, 9.17) is 14.6 Å². The van der Waals surface area contributed by atoms with Crippen LogP contribution in [0.15, 0.2) is 59.1 Å². The standard InChI is InChI=1S/C21H21BrFNO6/c1-29-18(4-2-3-5-19(26)27)20(13-6-11-17(25)16(23)12-13)30-21(28)24-15-9-7-14(22)8-10-15/h3,5-12,18,20,25H,2,4H2,1H3,(H,24,28)(H,26,27)/b5-3+/t18-,20-/m1/s1. The molecule has 0 heterocycles. The van der Waals surface area contributed by atoms with Gasteiger partial charge in [0.05, 0.1) is 6.10 Å². The van der Waals surface area contributed by atoms with Crippen molar-refractivity contribution >= 4 is 33.7 Å². The second-order valence-corrected chi connectivity index (χ2v) is 7.18. The smallest absolute Gasteiger partial charge is 0.412 e. The lowest BCUT2D eigenvalue weighted by atomic mass is 10.00. The Morgan fingerprint density at radius 1 is 1.23 bits per heavy atom. The highest BCUT2D eigenvalue weighted by atomic mass is 79.9. The number of halogens is 2. The number of methoxy groups -OCH3 is 1. The summed E-state index contributed by atoms with van der Waals surface area (Å²) >= 11 is 3.30. The van der Waals surface area contributed by atoms with Gasteiger partial charge in [0.2, 0.25) is 0 Å². The summed E-state index contributed by atoms with van der Waals surface area (Å²) in [5.74, 6) is -2.48. The summed E-state index contributed by atoms with van der Waals surface area (Å²) in [4.78, 5) is 23.1. The quantitative estimate of drug-likeness (QED) is 0.434. The third-order valence-electron chi connectivity index (χ3n) is 4.14. The maximum atomic E-state index is 13.9. The molecule has 9 heteroatoms. The summed E-state index contributed by atoms with van der Waals surface area (Å²) in [6.07, 6.45) is 0.618. The summed E-state index contributed by atoms with van der Waals surface area (Å²) in [5.41, 5.74) is 0.780. The molecule has 0 aromatic heterocycles. The minimum Gasteiger partial charge on any atom is -0.505 e. The minimum atomic E-state index is -1.08. The van der Waals surface area contributed by atoms with Crippen LogP contribution in [-0.4, -0.2) is 35.5 Å². The Morgan fingerprint density at radius 2 is 1.93 bits per heavy atom. The van der Waals surface area contributed by atoms with Gasteiger partial charge in [-0.2, -0.15) is 0 Å². The number of phenols is 1. The predicted molar refractivity (Wildman–Crippen MR) is 112 cm³/mol. The first-order valence-electron chi connectivity index (χ1n) is 8.94. The Kier molecular flexibility index (Phi) is 8.82. The maximum Gasteiger partial charge on any atom is 0.412 e. The number of hydrogen-bond acceptors (Lipinski definition) is 5. The van der Waals surface area contributed by atoms with Crippen LogP contribution in [0, 0.1) is 5.82 Å². The highest BCUT2D eigenvalue weighted by Crippen LogP contribution is 2.30. The normalized spacial score (nSPS) is 13.0. The molecule has 0 saturated heterocycles. The van der Waals surface area contributed by atoms with Crippen molar-refractivity contribution in [3.63, 3.8) is 0 Å². The number of aromatic hydroxyl groups is 1. The average Bonchev–Trinajstić information content (AvgIpc) is 2.70. The summed E-state index contributed by atoms with van der Waals surface area (Å²) in [6.45, 7) is 0. The van der Waals surface area contributed by atoms with Gasteiger partial charge in [0.1, 0.15) is 0 Å². The van der Waals surface area contributed by atoms with E-state index in [9.17, 15) is 19.1 Å². The van der Waals surface area contributed by atoms with Gasteiger partial charge < -0.3 is 19.7 Å². The Morgan fingerprint density at radius 3 is 2.53 bits per heavy atom. The van der Waals surface area contributed by atoms with E-state index in [1.807, 2.05) is 0 Å². The van der Waals surface area contributed by atoms with E-state index in [1.54, 1.807) is 24.3 Å². The van der Waals surface area contributed by atoms with Crippen LogP contribution in [0.25, 0.3) is 0 Å². The molecule has 0 aliphatic rings. The molecule has 0 unspecified atom stereocenters. The van der Waals surface area contributed by atoms with Crippen molar-refractivity contribution in [1.82, 2.24) is 0 Å². The molecular formula is C21H21BrFNO6.